The summed E-state index contributed by atoms with van der Waals surface area (Å²) in [4.78, 5) is 8.41. The third-order valence-corrected chi connectivity index (χ3v) is 6.20. The van der Waals surface area contributed by atoms with Crippen molar-refractivity contribution in [1.29, 1.82) is 0 Å². The molecule has 0 atom stereocenters. The molecule has 3 heterocycles. The van der Waals surface area contributed by atoms with Crippen molar-refractivity contribution in [1.82, 2.24) is 19.7 Å². The maximum atomic E-state index is 6.19. The van der Waals surface area contributed by atoms with E-state index >= 15 is 0 Å². The average Bonchev–Trinajstić information content (AvgIpc) is 3.54. The monoisotopic (exact) mass is 442 g/mol. The van der Waals surface area contributed by atoms with Crippen LogP contribution in [0, 0.1) is 5.41 Å². The van der Waals surface area contributed by atoms with Gasteiger partial charge in [-0.1, -0.05) is 74.0 Å². The van der Waals surface area contributed by atoms with E-state index in [1.807, 2.05) is 59.5 Å². The van der Waals surface area contributed by atoms with Gasteiger partial charge in [0, 0.05) is 35.5 Å². The van der Waals surface area contributed by atoms with Gasteiger partial charge in [-0.2, -0.15) is 5.10 Å². The third kappa shape index (κ3) is 5.07. The number of rotatable bonds is 8. The number of hydrogen-bond acceptors (Lipinski definition) is 4. The largest absolute Gasteiger partial charge is 0.345 e. The van der Waals surface area contributed by atoms with Crippen molar-refractivity contribution >= 4 is 0 Å². The van der Waals surface area contributed by atoms with Crippen LogP contribution in [0.2, 0.25) is 0 Å². The number of benzene rings is 2. The lowest BCUT2D eigenvalue weighted by molar-refractivity contribution is -0.235. The first-order valence-corrected chi connectivity index (χ1v) is 11.6. The summed E-state index contributed by atoms with van der Waals surface area (Å²) in [5.41, 5.74) is 4.06. The molecule has 1 fully saturated rings. The van der Waals surface area contributed by atoms with Crippen molar-refractivity contribution in [2.75, 3.05) is 13.2 Å². The van der Waals surface area contributed by atoms with Crippen LogP contribution >= 0.6 is 0 Å². The molecular weight excluding hydrogens is 412 g/mol. The van der Waals surface area contributed by atoms with Gasteiger partial charge in [0.2, 0.25) is 6.29 Å². The van der Waals surface area contributed by atoms with E-state index in [1.165, 1.54) is 0 Å². The maximum Gasteiger partial charge on any atom is 0.217 e. The molecule has 6 nitrogen and oxygen atoms in total. The number of aryl methyl sites for hydroxylation is 1. The maximum absolute atomic E-state index is 6.19. The van der Waals surface area contributed by atoms with Crippen LogP contribution < -0.4 is 0 Å². The van der Waals surface area contributed by atoms with Crippen molar-refractivity contribution in [3.05, 3.63) is 84.9 Å². The normalized spacial score (nSPS) is 20.7. The van der Waals surface area contributed by atoms with E-state index in [0.717, 1.165) is 48.3 Å². The minimum Gasteiger partial charge on any atom is -0.345 e. The Morgan fingerprint density at radius 1 is 0.939 bits per heavy atom. The Hall–Kier alpha value is -3.22. The van der Waals surface area contributed by atoms with Gasteiger partial charge >= 0.3 is 0 Å². The van der Waals surface area contributed by atoms with Crippen molar-refractivity contribution in [2.24, 2.45) is 5.41 Å². The fraction of sp³-hybridized carbons (Fsp3) is 0.333. The highest BCUT2D eigenvalue weighted by Gasteiger charge is 2.34. The zero-order valence-electron chi connectivity index (χ0n) is 19.0. The number of unbranched alkanes of at least 4 members (excludes halogenated alkanes) is 1. The van der Waals surface area contributed by atoms with Crippen LogP contribution in [0.5, 0.6) is 0 Å². The van der Waals surface area contributed by atoms with Crippen LogP contribution in [-0.2, 0) is 16.0 Å². The molecule has 170 valence electrons. The molecule has 0 radical (unpaired) electrons. The molecule has 0 aliphatic carbocycles. The smallest absolute Gasteiger partial charge is 0.217 e. The Kier molecular flexibility index (Phi) is 6.37. The Morgan fingerprint density at radius 3 is 2.30 bits per heavy atom. The molecule has 33 heavy (non-hydrogen) atoms. The van der Waals surface area contributed by atoms with Crippen LogP contribution in [0.15, 0.2) is 79.1 Å². The summed E-state index contributed by atoms with van der Waals surface area (Å²) in [7, 11) is 0. The number of nitrogens with one attached hydrogen (secondary N) is 1. The van der Waals surface area contributed by atoms with Crippen LogP contribution in [0.1, 0.15) is 38.3 Å². The van der Waals surface area contributed by atoms with Gasteiger partial charge in [0.1, 0.15) is 0 Å². The van der Waals surface area contributed by atoms with Gasteiger partial charge in [-0.05, 0) is 18.9 Å². The lowest BCUT2D eigenvalue weighted by Gasteiger charge is -2.36. The molecule has 0 saturated carbocycles. The zero-order valence-corrected chi connectivity index (χ0v) is 19.0. The average molecular weight is 443 g/mol. The minimum atomic E-state index is -0.484. The number of aromatic amines is 1. The lowest BCUT2D eigenvalue weighted by Crippen LogP contribution is -2.36. The van der Waals surface area contributed by atoms with E-state index in [1.54, 1.807) is 0 Å². The number of imidazole rings is 1. The van der Waals surface area contributed by atoms with Gasteiger partial charge in [0.05, 0.1) is 24.6 Å². The predicted octanol–water partition coefficient (Wildman–Crippen LogP) is 5.86. The first-order valence-electron chi connectivity index (χ1n) is 11.6. The highest BCUT2D eigenvalue weighted by atomic mass is 16.7. The van der Waals surface area contributed by atoms with E-state index in [4.69, 9.17) is 14.5 Å². The summed E-state index contributed by atoms with van der Waals surface area (Å²) in [6, 6.07) is 22.5. The molecule has 1 aliphatic heterocycles. The summed E-state index contributed by atoms with van der Waals surface area (Å²) < 4.78 is 14.4. The Morgan fingerprint density at radius 2 is 1.64 bits per heavy atom. The van der Waals surface area contributed by atoms with E-state index in [9.17, 15) is 0 Å². The highest BCUT2D eigenvalue weighted by Crippen LogP contribution is 2.37. The van der Waals surface area contributed by atoms with Gasteiger partial charge in [0.25, 0.3) is 0 Å². The van der Waals surface area contributed by atoms with Gasteiger partial charge in [-0.3, -0.25) is 4.68 Å². The molecular formula is C27H30N4O2. The number of aromatic nitrogens is 4. The second kappa shape index (κ2) is 9.73. The second-order valence-corrected chi connectivity index (χ2v) is 9.07. The molecule has 4 aromatic rings. The molecule has 1 saturated heterocycles. The van der Waals surface area contributed by atoms with Crippen molar-refractivity contribution < 1.29 is 9.47 Å². The van der Waals surface area contributed by atoms with E-state index in [0.29, 0.717) is 19.0 Å². The molecule has 0 spiro atoms. The SMILES string of the molecule is C[C@]1(CCCCn2cccn2)CO[C@H](c2nc(-c3ccccc3)c(-c3ccccc3)[nH]2)OC1. The molecule has 2 aromatic heterocycles. The number of H-pyrrole nitrogens is 1. The van der Waals surface area contributed by atoms with Crippen LogP contribution in [-0.4, -0.2) is 33.0 Å². The third-order valence-electron chi connectivity index (χ3n) is 6.20. The lowest BCUT2D eigenvalue weighted by atomic mass is 9.86. The van der Waals surface area contributed by atoms with Gasteiger partial charge in [-0.15, -0.1) is 0 Å². The summed E-state index contributed by atoms with van der Waals surface area (Å²) in [6.07, 6.45) is 6.62. The predicted molar refractivity (Wildman–Crippen MR) is 128 cm³/mol. The summed E-state index contributed by atoms with van der Waals surface area (Å²) in [6.45, 7) is 4.50. The Bertz CT molecular complexity index is 1070. The summed E-state index contributed by atoms with van der Waals surface area (Å²) in [5.74, 6) is 0.716. The fourth-order valence-electron chi connectivity index (χ4n) is 4.33. The zero-order chi connectivity index (χ0) is 22.5. The quantitative estimate of drug-likeness (QED) is 0.347. The summed E-state index contributed by atoms with van der Waals surface area (Å²) >= 11 is 0. The molecule has 5 rings (SSSR count). The standard InChI is InChI=1S/C27H30N4O2/c1-27(15-8-9-17-31-18-10-16-28-31)19-32-26(33-20-27)25-29-23(21-11-4-2-5-12-21)24(30-25)22-13-6-3-7-14-22/h2-7,10-14,16,18,26H,8-9,15,17,19-20H2,1H3,(H,29,30)/t26-,27-. The minimum absolute atomic E-state index is 0.0116. The molecule has 0 unspecified atom stereocenters. The molecule has 0 amide bonds. The molecule has 6 heteroatoms. The van der Waals surface area contributed by atoms with Gasteiger partial charge < -0.3 is 14.5 Å². The number of nitrogens with zero attached hydrogens (tertiary/aromatic N) is 3. The van der Waals surface area contributed by atoms with Crippen LogP contribution in [0.4, 0.5) is 0 Å². The van der Waals surface area contributed by atoms with E-state index in [2.05, 4.69) is 41.3 Å². The second-order valence-electron chi connectivity index (χ2n) is 9.07. The molecule has 1 aliphatic rings. The van der Waals surface area contributed by atoms with E-state index < -0.39 is 6.29 Å². The first kappa shape index (κ1) is 21.6. The highest BCUT2D eigenvalue weighted by molar-refractivity contribution is 5.78. The Balaban J connectivity index is 1.26. The fourth-order valence-corrected chi connectivity index (χ4v) is 4.33. The Labute approximate surface area is 194 Å². The van der Waals surface area contributed by atoms with Crippen molar-refractivity contribution in [2.45, 2.75) is 39.0 Å². The number of hydrogen-bond donors (Lipinski definition) is 1. The molecule has 1 N–H and O–H groups in total. The van der Waals surface area contributed by atoms with E-state index in [-0.39, 0.29) is 5.41 Å². The van der Waals surface area contributed by atoms with Crippen LogP contribution in [0.25, 0.3) is 22.5 Å². The van der Waals surface area contributed by atoms with Crippen molar-refractivity contribution in [3.63, 3.8) is 0 Å². The summed E-state index contributed by atoms with van der Waals surface area (Å²) in [5, 5.41) is 4.27. The van der Waals surface area contributed by atoms with Gasteiger partial charge in [-0.25, -0.2) is 4.98 Å². The first-order chi connectivity index (χ1) is 16.2. The number of ether oxygens (including phenoxy) is 2. The molecule has 0 bridgehead atoms. The topological polar surface area (TPSA) is 65.0 Å². The van der Waals surface area contributed by atoms with Crippen molar-refractivity contribution in [3.8, 4) is 22.5 Å². The van der Waals surface area contributed by atoms with Gasteiger partial charge in [0.15, 0.2) is 5.82 Å². The van der Waals surface area contributed by atoms with Crippen LogP contribution in [0.3, 0.4) is 0 Å². The molecule has 2 aromatic carbocycles.